The molecule has 1 saturated heterocycles. The van der Waals surface area contributed by atoms with Crippen molar-refractivity contribution in [3.63, 3.8) is 0 Å². The predicted molar refractivity (Wildman–Crippen MR) is 115 cm³/mol. The highest BCUT2D eigenvalue weighted by molar-refractivity contribution is 9.10. The third-order valence-electron chi connectivity index (χ3n) is 5.04. The molecule has 1 aliphatic heterocycles. The normalized spacial score (nSPS) is 16.8. The van der Waals surface area contributed by atoms with Gasteiger partial charge in [-0.15, -0.1) is 0 Å². The quantitative estimate of drug-likeness (QED) is 0.591. The van der Waals surface area contributed by atoms with Crippen molar-refractivity contribution in [1.29, 1.82) is 5.26 Å². The van der Waals surface area contributed by atoms with Crippen molar-refractivity contribution in [3.8, 4) is 11.9 Å². The van der Waals surface area contributed by atoms with Crippen LogP contribution in [0.3, 0.4) is 0 Å². The summed E-state index contributed by atoms with van der Waals surface area (Å²) in [6, 6.07) is 10.7. The number of ether oxygens (including phenoxy) is 1. The van der Waals surface area contributed by atoms with Gasteiger partial charge >= 0.3 is 0 Å². The van der Waals surface area contributed by atoms with Gasteiger partial charge in [0.15, 0.2) is 6.19 Å². The second kappa shape index (κ2) is 8.74. The molecule has 1 heterocycles. The number of halogens is 1. The maximum Gasteiger partial charge on any atom is 0.247 e. The van der Waals surface area contributed by atoms with Gasteiger partial charge in [0.25, 0.3) is 0 Å². The number of hydrogen-bond donors (Lipinski definition) is 0. The summed E-state index contributed by atoms with van der Waals surface area (Å²) in [5, 5.41) is 9.25. The van der Waals surface area contributed by atoms with Crippen molar-refractivity contribution in [2.24, 2.45) is 0 Å². The van der Waals surface area contributed by atoms with E-state index in [-0.39, 0.29) is 17.5 Å². The highest BCUT2D eigenvalue weighted by Gasteiger charge is 2.37. The molecular weight excluding hydrogens is 454 g/mol. The van der Waals surface area contributed by atoms with Gasteiger partial charge < -0.3 is 9.64 Å². The number of benzene rings is 2. The minimum atomic E-state index is -3.86. The standard InChI is InChI=1S/C21H24BrN3O3S/c1-15-8-16(2)10-17(9-15)12-25(19-6-7-24(13-19)14-23)29(26,27)21-11-18(22)4-5-20(21)28-3/h4-5,8-11,19H,6-7,12-13H2,1-3H3. The fourth-order valence-corrected chi connectivity index (χ4v) is 6.13. The molecule has 1 atom stereocenters. The van der Waals surface area contributed by atoms with E-state index in [0.717, 1.165) is 16.7 Å². The van der Waals surface area contributed by atoms with Gasteiger partial charge in [-0.3, -0.25) is 0 Å². The van der Waals surface area contributed by atoms with E-state index in [2.05, 4.69) is 28.2 Å². The summed E-state index contributed by atoms with van der Waals surface area (Å²) >= 11 is 3.37. The van der Waals surface area contributed by atoms with Gasteiger partial charge in [-0.1, -0.05) is 45.3 Å². The number of methoxy groups -OCH3 is 1. The van der Waals surface area contributed by atoms with Crippen LogP contribution in [0.2, 0.25) is 0 Å². The molecule has 0 amide bonds. The van der Waals surface area contributed by atoms with Crippen LogP contribution in [0.1, 0.15) is 23.1 Å². The average Bonchev–Trinajstić information content (AvgIpc) is 3.14. The molecule has 1 fully saturated rings. The van der Waals surface area contributed by atoms with Crippen LogP contribution in [-0.2, 0) is 16.6 Å². The van der Waals surface area contributed by atoms with E-state index >= 15 is 0 Å². The van der Waals surface area contributed by atoms with E-state index in [0.29, 0.717) is 29.7 Å². The lowest BCUT2D eigenvalue weighted by Crippen LogP contribution is -2.41. The molecule has 1 unspecified atom stereocenters. The van der Waals surface area contributed by atoms with Crippen LogP contribution in [0.15, 0.2) is 45.8 Å². The number of rotatable bonds is 6. The Labute approximate surface area is 180 Å². The summed E-state index contributed by atoms with van der Waals surface area (Å²) in [5.74, 6) is 0.300. The summed E-state index contributed by atoms with van der Waals surface area (Å²) in [7, 11) is -2.40. The van der Waals surface area contributed by atoms with Crippen LogP contribution < -0.4 is 4.74 Å². The van der Waals surface area contributed by atoms with Gasteiger partial charge in [0.2, 0.25) is 10.0 Å². The van der Waals surface area contributed by atoms with E-state index in [1.165, 1.54) is 11.4 Å². The molecule has 2 aromatic carbocycles. The Kier molecular flexibility index (Phi) is 6.52. The Morgan fingerprint density at radius 3 is 2.52 bits per heavy atom. The summed E-state index contributed by atoms with van der Waals surface area (Å²) in [4.78, 5) is 1.72. The molecule has 8 heteroatoms. The van der Waals surface area contributed by atoms with Crippen LogP contribution in [0.4, 0.5) is 0 Å². The van der Waals surface area contributed by atoms with Crippen molar-refractivity contribution < 1.29 is 13.2 Å². The topological polar surface area (TPSA) is 73.6 Å². The number of likely N-dealkylation sites (tertiary alicyclic amines) is 1. The molecule has 29 heavy (non-hydrogen) atoms. The Morgan fingerprint density at radius 1 is 1.24 bits per heavy atom. The highest BCUT2D eigenvalue weighted by Crippen LogP contribution is 2.33. The molecule has 1 aliphatic rings. The molecule has 3 rings (SSSR count). The largest absolute Gasteiger partial charge is 0.495 e. The van der Waals surface area contributed by atoms with Crippen molar-refractivity contribution in [1.82, 2.24) is 9.21 Å². The van der Waals surface area contributed by atoms with Crippen molar-refractivity contribution in [2.75, 3.05) is 20.2 Å². The second-order valence-corrected chi connectivity index (χ2v) is 10.1. The van der Waals surface area contributed by atoms with Crippen LogP contribution >= 0.6 is 15.9 Å². The molecule has 154 valence electrons. The first-order chi connectivity index (χ1) is 13.7. The minimum Gasteiger partial charge on any atom is -0.495 e. The lowest BCUT2D eigenvalue weighted by Gasteiger charge is -2.29. The third-order valence-corrected chi connectivity index (χ3v) is 7.46. The Balaban J connectivity index is 2.07. The molecule has 0 aliphatic carbocycles. The van der Waals surface area contributed by atoms with Crippen molar-refractivity contribution >= 4 is 26.0 Å². The summed E-state index contributed by atoms with van der Waals surface area (Å²) < 4.78 is 35.0. The van der Waals surface area contributed by atoms with E-state index in [9.17, 15) is 13.7 Å². The first-order valence-electron chi connectivity index (χ1n) is 9.32. The molecule has 0 radical (unpaired) electrons. The van der Waals surface area contributed by atoms with E-state index in [1.807, 2.05) is 26.0 Å². The lowest BCUT2D eigenvalue weighted by atomic mass is 10.1. The fourth-order valence-electron chi connectivity index (χ4n) is 3.80. The van der Waals surface area contributed by atoms with Gasteiger partial charge in [-0.2, -0.15) is 9.57 Å². The van der Waals surface area contributed by atoms with Crippen molar-refractivity contribution in [3.05, 3.63) is 57.6 Å². The van der Waals surface area contributed by atoms with E-state index < -0.39 is 10.0 Å². The number of aryl methyl sites for hydroxylation is 2. The van der Waals surface area contributed by atoms with Gasteiger partial charge in [0, 0.05) is 30.1 Å². The zero-order valence-electron chi connectivity index (χ0n) is 16.7. The number of hydrogen-bond acceptors (Lipinski definition) is 5. The zero-order valence-corrected chi connectivity index (χ0v) is 19.1. The molecule has 0 saturated carbocycles. The molecule has 0 N–H and O–H groups in total. The third kappa shape index (κ3) is 4.74. The lowest BCUT2D eigenvalue weighted by molar-refractivity contribution is 0.311. The minimum absolute atomic E-state index is 0.120. The first-order valence-corrected chi connectivity index (χ1v) is 11.5. The molecule has 0 aromatic heterocycles. The van der Waals surface area contributed by atoms with Crippen LogP contribution in [0, 0.1) is 25.3 Å². The molecule has 6 nitrogen and oxygen atoms in total. The second-order valence-electron chi connectivity index (χ2n) is 7.33. The Bertz CT molecular complexity index is 1030. The Hall–Kier alpha value is -2.08. The average molecular weight is 478 g/mol. The summed E-state index contributed by atoms with van der Waals surface area (Å²) in [6.07, 6.45) is 2.74. The Morgan fingerprint density at radius 2 is 1.93 bits per heavy atom. The molecule has 0 spiro atoms. The van der Waals surface area contributed by atoms with E-state index in [4.69, 9.17) is 4.74 Å². The highest BCUT2D eigenvalue weighted by atomic mass is 79.9. The predicted octanol–water partition coefficient (Wildman–Crippen LogP) is 3.82. The monoisotopic (exact) mass is 477 g/mol. The van der Waals surface area contributed by atoms with Gasteiger partial charge in [0.1, 0.15) is 10.6 Å². The first kappa shape index (κ1) is 21.6. The maximum atomic E-state index is 13.7. The summed E-state index contributed by atoms with van der Waals surface area (Å²) in [6.45, 7) is 5.18. The number of nitriles is 1. The van der Waals surface area contributed by atoms with Crippen molar-refractivity contribution in [2.45, 2.75) is 37.8 Å². The molecule has 0 bridgehead atoms. The SMILES string of the molecule is COc1ccc(Br)cc1S(=O)(=O)N(Cc1cc(C)cc(C)c1)C1CCN(C#N)C1. The smallest absolute Gasteiger partial charge is 0.247 e. The van der Waals surface area contributed by atoms with Crippen LogP contribution in [-0.4, -0.2) is 43.9 Å². The maximum absolute atomic E-state index is 13.7. The number of sulfonamides is 1. The fraction of sp³-hybridized carbons (Fsp3) is 0.381. The molecule has 2 aromatic rings. The van der Waals surface area contributed by atoms with E-state index in [1.54, 1.807) is 23.1 Å². The number of nitrogens with zero attached hydrogens (tertiary/aromatic N) is 3. The van der Waals surface area contributed by atoms with Gasteiger partial charge in [0.05, 0.1) is 7.11 Å². The zero-order chi connectivity index (χ0) is 21.2. The summed E-state index contributed by atoms with van der Waals surface area (Å²) in [5.41, 5.74) is 3.10. The molecular formula is C21H24BrN3O3S. The van der Waals surface area contributed by atoms with Gasteiger partial charge in [-0.25, -0.2) is 8.42 Å². The van der Waals surface area contributed by atoms with Crippen LogP contribution in [0.5, 0.6) is 5.75 Å². The van der Waals surface area contributed by atoms with Crippen LogP contribution in [0.25, 0.3) is 0 Å². The van der Waals surface area contributed by atoms with Gasteiger partial charge in [-0.05, 0) is 44.0 Å².